The summed E-state index contributed by atoms with van der Waals surface area (Å²) in [6, 6.07) is 5.59. The highest BCUT2D eigenvalue weighted by atomic mass is 32.2. The second-order valence-electron chi connectivity index (χ2n) is 7.73. The van der Waals surface area contributed by atoms with E-state index in [1.807, 2.05) is 0 Å². The number of para-hydroxylation sites is 1. The molecule has 0 bridgehead atoms. The average Bonchev–Trinajstić information content (AvgIpc) is 2.70. The Morgan fingerprint density at radius 1 is 0.867 bits per heavy atom. The largest absolute Gasteiger partial charge is 0.425 e. The van der Waals surface area contributed by atoms with Crippen molar-refractivity contribution in [3.63, 3.8) is 0 Å². The Balaban J connectivity index is 2.03. The molecule has 1 N–H and O–H groups in total. The number of carbonyl (C=O) groups is 1. The molecule has 0 aliphatic carbocycles. The normalized spacial score (nSPS) is 11.8. The van der Waals surface area contributed by atoms with E-state index in [9.17, 15) is 17.8 Å². The first kappa shape index (κ1) is 26.4. The first-order valence-corrected chi connectivity index (χ1v) is 12.8. The lowest BCUT2D eigenvalue weighted by atomic mass is 10.1. The number of unbranched alkanes of at least 4 members (excludes halogenated alkanes) is 11. The molecule has 30 heavy (non-hydrogen) atoms. The van der Waals surface area contributed by atoms with Crippen molar-refractivity contribution in [2.75, 3.05) is 0 Å². The van der Waals surface area contributed by atoms with Gasteiger partial charge in [-0.2, -0.15) is 8.42 Å². The molecule has 0 atom stereocenters. The van der Waals surface area contributed by atoms with E-state index >= 15 is 0 Å². The molecule has 0 aromatic heterocycles. The number of carbonyl (C=O) groups excluding carboxylic acids is 1. The maximum atomic E-state index is 11.9. The third-order valence-electron chi connectivity index (χ3n) is 4.99. The second kappa shape index (κ2) is 16.1. The highest BCUT2D eigenvalue weighted by molar-refractivity contribution is 7.86. The first-order valence-electron chi connectivity index (χ1n) is 11.4. The minimum Gasteiger partial charge on any atom is -0.425 e. The van der Waals surface area contributed by atoms with Crippen LogP contribution in [-0.4, -0.2) is 18.9 Å². The van der Waals surface area contributed by atoms with Gasteiger partial charge < -0.3 is 4.74 Å². The van der Waals surface area contributed by atoms with E-state index in [4.69, 9.17) is 4.74 Å². The standard InChI is InChI=1S/C24H38O5S/c1-2-3-4-5-6-7-8-9-10-11-12-13-14-15-16-21-24(25)29-22-19-17-18-20-23(22)30(26,27)28/h9-10,17-20H,2-8,11-16,21H2,1H3,(H,26,27,28)/b10-9-. The average molecular weight is 439 g/mol. The van der Waals surface area contributed by atoms with Crippen LogP contribution in [0.3, 0.4) is 0 Å². The molecular formula is C24H38O5S. The molecule has 0 fully saturated rings. The van der Waals surface area contributed by atoms with Crippen LogP contribution in [0.4, 0.5) is 0 Å². The predicted molar refractivity (Wildman–Crippen MR) is 121 cm³/mol. The summed E-state index contributed by atoms with van der Waals surface area (Å²) >= 11 is 0. The van der Waals surface area contributed by atoms with E-state index < -0.39 is 16.1 Å². The van der Waals surface area contributed by atoms with E-state index in [1.165, 1.54) is 69.6 Å². The monoisotopic (exact) mass is 438 g/mol. The topological polar surface area (TPSA) is 80.7 Å². The molecule has 0 spiro atoms. The van der Waals surface area contributed by atoms with Crippen LogP contribution in [0.2, 0.25) is 0 Å². The zero-order valence-corrected chi connectivity index (χ0v) is 19.2. The van der Waals surface area contributed by atoms with Crippen LogP contribution in [0, 0.1) is 0 Å². The molecule has 0 saturated heterocycles. The summed E-state index contributed by atoms with van der Waals surface area (Å²) in [6.07, 6.45) is 20.2. The van der Waals surface area contributed by atoms with Crippen molar-refractivity contribution >= 4 is 16.1 Å². The van der Waals surface area contributed by atoms with Gasteiger partial charge in [-0.3, -0.25) is 9.35 Å². The SMILES string of the molecule is CCCCCCCC/C=C\CCCCCCCC(=O)Oc1ccccc1S(=O)(=O)O. The number of ether oxygens (including phenoxy) is 1. The third kappa shape index (κ3) is 12.8. The lowest BCUT2D eigenvalue weighted by Crippen LogP contribution is -2.10. The van der Waals surface area contributed by atoms with Crippen molar-refractivity contribution in [1.82, 2.24) is 0 Å². The van der Waals surface area contributed by atoms with Crippen LogP contribution in [0.25, 0.3) is 0 Å². The first-order chi connectivity index (χ1) is 14.4. The van der Waals surface area contributed by atoms with Gasteiger partial charge in [0.05, 0.1) is 0 Å². The van der Waals surface area contributed by atoms with Gasteiger partial charge in [0.25, 0.3) is 10.1 Å². The van der Waals surface area contributed by atoms with Gasteiger partial charge in [-0.1, -0.05) is 82.6 Å². The quantitative estimate of drug-likeness (QED) is 0.0943. The van der Waals surface area contributed by atoms with Gasteiger partial charge >= 0.3 is 5.97 Å². The molecule has 1 aromatic rings. The Kier molecular flexibility index (Phi) is 14.1. The molecule has 6 heteroatoms. The molecule has 0 unspecified atom stereocenters. The maximum absolute atomic E-state index is 11.9. The van der Waals surface area contributed by atoms with Crippen molar-refractivity contribution in [3.05, 3.63) is 36.4 Å². The Morgan fingerprint density at radius 2 is 1.40 bits per heavy atom. The maximum Gasteiger partial charge on any atom is 0.311 e. The van der Waals surface area contributed by atoms with Gasteiger partial charge in [-0.15, -0.1) is 0 Å². The summed E-state index contributed by atoms with van der Waals surface area (Å²) in [4.78, 5) is 11.5. The van der Waals surface area contributed by atoms with Gasteiger partial charge in [0.15, 0.2) is 5.75 Å². The third-order valence-corrected chi connectivity index (χ3v) is 5.89. The summed E-state index contributed by atoms with van der Waals surface area (Å²) in [6.45, 7) is 2.24. The molecule has 1 rings (SSSR count). The Labute approximate surface area is 182 Å². The molecule has 0 aliphatic rings. The summed E-state index contributed by atoms with van der Waals surface area (Å²) in [5.41, 5.74) is 0. The molecule has 1 aromatic carbocycles. The zero-order valence-electron chi connectivity index (χ0n) is 18.4. The fourth-order valence-electron chi connectivity index (χ4n) is 3.26. The predicted octanol–water partition coefficient (Wildman–Crippen LogP) is 6.88. The molecule has 0 aliphatic heterocycles. The highest BCUT2D eigenvalue weighted by Crippen LogP contribution is 2.23. The van der Waals surface area contributed by atoms with Crippen molar-refractivity contribution < 1.29 is 22.5 Å². The number of esters is 1. The van der Waals surface area contributed by atoms with Crippen molar-refractivity contribution in [1.29, 1.82) is 0 Å². The Hall–Kier alpha value is -1.66. The van der Waals surface area contributed by atoms with Crippen molar-refractivity contribution in [2.24, 2.45) is 0 Å². The summed E-state index contributed by atoms with van der Waals surface area (Å²) in [5.74, 6) is -0.610. The van der Waals surface area contributed by atoms with Crippen molar-refractivity contribution in [3.8, 4) is 5.75 Å². The Morgan fingerprint density at radius 3 is 2.00 bits per heavy atom. The van der Waals surface area contributed by atoms with Crippen LogP contribution in [0.1, 0.15) is 96.8 Å². The van der Waals surface area contributed by atoms with Gasteiger partial charge in [0.2, 0.25) is 0 Å². The van der Waals surface area contributed by atoms with Gasteiger partial charge in [-0.25, -0.2) is 0 Å². The number of rotatable bonds is 17. The van der Waals surface area contributed by atoms with Crippen LogP contribution < -0.4 is 4.74 Å². The van der Waals surface area contributed by atoms with Crippen molar-refractivity contribution in [2.45, 2.75) is 102 Å². The van der Waals surface area contributed by atoms with Crippen LogP contribution in [-0.2, 0) is 14.9 Å². The molecular weight excluding hydrogens is 400 g/mol. The minimum absolute atomic E-state index is 0.127. The summed E-state index contributed by atoms with van der Waals surface area (Å²) < 4.78 is 36.9. The fourth-order valence-corrected chi connectivity index (χ4v) is 3.88. The molecule has 5 nitrogen and oxygen atoms in total. The van der Waals surface area contributed by atoms with Gasteiger partial charge in [0.1, 0.15) is 4.90 Å². The number of allylic oxidation sites excluding steroid dienone is 2. The lowest BCUT2D eigenvalue weighted by molar-refractivity contribution is -0.134. The molecule has 170 valence electrons. The van der Waals surface area contributed by atoms with Crippen LogP contribution >= 0.6 is 0 Å². The van der Waals surface area contributed by atoms with Crippen LogP contribution in [0.5, 0.6) is 5.75 Å². The van der Waals surface area contributed by atoms with Gasteiger partial charge in [0, 0.05) is 6.42 Å². The van der Waals surface area contributed by atoms with Crippen LogP contribution in [0.15, 0.2) is 41.3 Å². The second-order valence-corrected chi connectivity index (χ2v) is 9.12. The van der Waals surface area contributed by atoms with E-state index in [-0.39, 0.29) is 17.1 Å². The number of benzene rings is 1. The zero-order chi connectivity index (χ0) is 22.1. The van der Waals surface area contributed by atoms with E-state index in [0.717, 1.165) is 25.7 Å². The molecule has 0 amide bonds. The molecule has 0 heterocycles. The summed E-state index contributed by atoms with van der Waals surface area (Å²) in [5, 5.41) is 0. The summed E-state index contributed by atoms with van der Waals surface area (Å²) in [7, 11) is -4.41. The fraction of sp³-hybridized carbons (Fsp3) is 0.625. The Bertz CT molecular complexity index is 725. The van der Waals surface area contributed by atoms with E-state index in [1.54, 1.807) is 6.07 Å². The van der Waals surface area contributed by atoms with Gasteiger partial charge in [-0.05, 0) is 44.2 Å². The van der Waals surface area contributed by atoms with E-state index in [2.05, 4.69) is 19.1 Å². The highest BCUT2D eigenvalue weighted by Gasteiger charge is 2.18. The molecule has 0 radical (unpaired) electrons. The number of hydrogen-bond acceptors (Lipinski definition) is 4. The minimum atomic E-state index is -4.41. The van der Waals surface area contributed by atoms with E-state index in [0.29, 0.717) is 6.42 Å². The molecule has 0 saturated carbocycles. The number of hydrogen-bond donors (Lipinski definition) is 1. The lowest BCUT2D eigenvalue weighted by Gasteiger charge is -2.07. The smallest absolute Gasteiger partial charge is 0.311 e.